The average Bonchev–Trinajstić information content (AvgIpc) is 2.63. The molecule has 1 N–H and O–H groups in total. The third kappa shape index (κ3) is 1.57. The molecule has 1 aliphatic heterocycles. The van der Waals surface area contributed by atoms with Gasteiger partial charge in [0.1, 0.15) is 0 Å². The first-order valence-corrected chi connectivity index (χ1v) is 10.0. The van der Waals surface area contributed by atoms with E-state index in [-0.39, 0.29) is 52.9 Å². The number of hydrogen-bond acceptors (Lipinski definition) is 4. The van der Waals surface area contributed by atoms with Crippen molar-refractivity contribution < 1.29 is 19.4 Å². The average molecular weight is 356 g/mol. The number of rotatable bonds is 1. The van der Waals surface area contributed by atoms with Gasteiger partial charge >= 0.3 is 0 Å². The van der Waals surface area contributed by atoms with E-state index in [1.165, 1.54) is 0 Å². The Morgan fingerprint density at radius 2 is 1.88 bits per heavy atom. The van der Waals surface area contributed by atoms with Crippen LogP contribution in [0.4, 0.5) is 0 Å². The van der Waals surface area contributed by atoms with Crippen LogP contribution in [0.15, 0.2) is 24.3 Å². The van der Waals surface area contributed by atoms with E-state index in [1.807, 2.05) is 0 Å². The molecule has 0 amide bonds. The Morgan fingerprint density at radius 3 is 2.62 bits per heavy atom. The number of carbonyl (C=O) groups is 2. The first kappa shape index (κ1) is 16.9. The standard InChI is InChI=1S/C22H28O4/c1-12-14-5-8-22(18(12)24)15(9-14)21-7-4-6-20(3,11-26-16(21)10-23)17(21)13(2)19(22)25/h14-17,23H,1-2,4-11H2,3H3/t14-,15?,16-,17?,20-,21-,22?/m0/s1. The highest BCUT2D eigenvalue weighted by Gasteiger charge is 2.75. The van der Waals surface area contributed by atoms with Crippen molar-refractivity contribution in [3.8, 4) is 0 Å². The summed E-state index contributed by atoms with van der Waals surface area (Å²) < 4.78 is 6.22. The van der Waals surface area contributed by atoms with Crippen LogP contribution in [-0.4, -0.2) is 36.0 Å². The zero-order valence-corrected chi connectivity index (χ0v) is 15.6. The number of Topliss-reactive ketones (excluding diaryl/α,β-unsaturated/α-hetero) is 2. The van der Waals surface area contributed by atoms with E-state index in [4.69, 9.17) is 4.74 Å². The van der Waals surface area contributed by atoms with Crippen LogP contribution in [0.2, 0.25) is 0 Å². The molecular formula is C22H28O4. The van der Waals surface area contributed by atoms with Crippen molar-refractivity contribution in [2.45, 2.75) is 51.6 Å². The van der Waals surface area contributed by atoms with Crippen LogP contribution in [0.1, 0.15) is 45.4 Å². The smallest absolute Gasteiger partial charge is 0.172 e. The molecule has 7 atom stereocenters. The highest BCUT2D eigenvalue weighted by Crippen LogP contribution is 2.73. The fourth-order valence-corrected chi connectivity index (χ4v) is 7.96. The normalized spacial score (nSPS) is 52.7. The summed E-state index contributed by atoms with van der Waals surface area (Å²) in [6.07, 6.45) is 4.96. The van der Waals surface area contributed by atoms with Gasteiger partial charge in [-0.15, -0.1) is 0 Å². The van der Waals surface area contributed by atoms with Crippen molar-refractivity contribution in [1.82, 2.24) is 0 Å². The number of carbonyl (C=O) groups excluding carboxylic acids is 2. The molecule has 6 fully saturated rings. The van der Waals surface area contributed by atoms with Gasteiger partial charge in [-0.05, 0) is 60.5 Å². The third-order valence-corrected chi connectivity index (χ3v) is 8.86. The van der Waals surface area contributed by atoms with Gasteiger partial charge < -0.3 is 9.84 Å². The van der Waals surface area contributed by atoms with Crippen LogP contribution < -0.4 is 0 Å². The lowest BCUT2D eigenvalue weighted by Gasteiger charge is -2.71. The van der Waals surface area contributed by atoms with Gasteiger partial charge in [0, 0.05) is 11.3 Å². The number of hydrogen-bond donors (Lipinski definition) is 1. The van der Waals surface area contributed by atoms with Gasteiger partial charge in [-0.25, -0.2) is 0 Å². The molecule has 5 saturated carbocycles. The predicted molar refractivity (Wildman–Crippen MR) is 96.3 cm³/mol. The lowest BCUT2D eigenvalue weighted by atomic mass is 9.33. The first-order valence-electron chi connectivity index (χ1n) is 10.0. The van der Waals surface area contributed by atoms with Crippen molar-refractivity contribution in [3.63, 3.8) is 0 Å². The van der Waals surface area contributed by atoms with Crippen LogP contribution in [0.3, 0.4) is 0 Å². The maximum absolute atomic E-state index is 13.6. The molecule has 1 spiro atoms. The molecule has 4 bridgehead atoms. The van der Waals surface area contributed by atoms with Crippen molar-refractivity contribution in [3.05, 3.63) is 24.3 Å². The molecule has 6 aliphatic rings. The maximum atomic E-state index is 13.6. The molecule has 1 saturated heterocycles. The number of allylic oxidation sites excluding steroid dienone is 2. The third-order valence-electron chi connectivity index (χ3n) is 8.86. The molecule has 6 rings (SSSR count). The minimum atomic E-state index is -0.994. The Kier molecular flexibility index (Phi) is 3.22. The Balaban J connectivity index is 1.77. The summed E-state index contributed by atoms with van der Waals surface area (Å²) in [5.41, 5.74) is -0.216. The van der Waals surface area contributed by atoms with Crippen LogP contribution >= 0.6 is 0 Å². The predicted octanol–water partition coefficient (Wildman–Crippen LogP) is 2.85. The summed E-state index contributed by atoms with van der Waals surface area (Å²) in [4.78, 5) is 27.0. The van der Waals surface area contributed by atoms with Gasteiger partial charge in [-0.2, -0.15) is 0 Å². The van der Waals surface area contributed by atoms with E-state index >= 15 is 0 Å². The van der Waals surface area contributed by atoms with Gasteiger partial charge in [0.15, 0.2) is 11.6 Å². The maximum Gasteiger partial charge on any atom is 0.172 e. The number of fused-ring (bicyclic) bond motifs is 2. The van der Waals surface area contributed by atoms with Crippen LogP contribution in [0.5, 0.6) is 0 Å². The van der Waals surface area contributed by atoms with Gasteiger partial charge in [0.05, 0.1) is 24.7 Å². The van der Waals surface area contributed by atoms with Gasteiger partial charge in [0.2, 0.25) is 0 Å². The topological polar surface area (TPSA) is 63.6 Å². The zero-order chi connectivity index (χ0) is 18.5. The SMILES string of the molecule is C=C1C(=O)C23CC[C@@H](CC2[C@@]24CCC[C@@](C)(CO[C@H]2CO)C14)C(=C)C3=O. The lowest BCUT2D eigenvalue weighted by Crippen LogP contribution is -2.73. The van der Waals surface area contributed by atoms with Crippen molar-refractivity contribution in [2.24, 2.45) is 34.0 Å². The largest absolute Gasteiger partial charge is 0.394 e. The minimum Gasteiger partial charge on any atom is -0.394 e. The summed E-state index contributed by atoms with van der Waals surface area (Å²) in [5, 5.41) is 10.2. The van der Waals surface area contributed by atoms with Gasteiger partial charge in [0.25, 0.3) is 0 Å². The van der Waals surface area contributed by atoms with Crippen LogP contribution in [0.25, 0.3) is 0 Å². The van der Waals surface area contributed by atoms with E-state index in [0.29, 0.717) is 24.2 Å². The molecule has 4 heteroatoms. The Labute approximate surface area is 154 Å². The van der Waals surface area contributed by atoms with Crippen molar-refractivity contribution >= 4 is 11.6 Å². The minimum absolute atomic E-state index is 0.0122. The van der Waals surface area contributed by atoms with Crippen molar-refractivity contribution in [1.29, 1.82) is 0 Å². The molecule has 1 heterocycles. The monoisotopic (exact) mass is 356 g/mol. The van der Waals surface area contributed by atoms with Crippen molar-refractivity contribution in [2.75, 3.05) is 13.2 Å². The second kappa shape index (κ2) is 4.96. The second-order valence-corrected chi connectivity index (χ2v) is 9.74. The number of ether oxygens (including phenoxy) is 1. The van der Waals surface area contributed by atoms with E-state index in [0.717, 1.165) is 32.1 Å². The highest BCUT2D eigenvalue weighted by atomic mass is 16.5. The molecule has 0 aromatic rings. The molecule has 140 valence electrons. The lowest BCUT2D eigenvalue weighted by molar-refractivity contribution is -0.260. The highest BCUT2D eigenvalue weighted by molar-refractivity contribution is 6.21. The van der Waals surface area contributed by atoms with E-state index in [1.54, 1.807) is 0 Å². The number of aliphatic hydroxyl groups is 1. The first-order chi connectivity index (χ1) is 12.3. The second-order valence-electron chi connectivity index (χ2n) is 9.74. The molecule has 5 aliphatic carbocycles. The van der Waals surface area contributed by atoms with Gasteiger partial charge in [-0.1, -0.05) is 26.5 Å². The molecule has 0 aromatic heterocycles. The zero-order valence-electron chi connectivity index (χ0n) is 15.6. The Hall–Kier alpha value is -1.26. The van der Waals surface area contributed by atoms with E-state index in [9.17, 15) is 14.7 Å². The fourth-order valence-electron chi connectivity index (χ4n) is 7.96. The molecule has 0 aromatic carbocycles. The van der Waals surface area contributed by atoms with Crippen LogP contribution in [0, 0.1) is 34.0 Å². The molecule has 0 radical (unpaired) electrons. The number of ketones is 2. The summed E-state index contributed by atoms with van der Waals surface area (Å²) in [6.45, 7) is 11.0. The van der Waals surface area contributed by atoms with E-state index < -0.39 is 5.41 Å². The fraction of sp³-hybridized carbons (Fsp3) is 0.727. The summed E-state index contributed by atoms with van der Waals surface area (Å²) in [7, 11) is 0. The van der Waals surface area contributed by atoms with Gasteiger partial charge in [-0.3, -0.25) is 9.59 Å². The Morgan fingerprint density at radius 1 is 1.15 bits per heavy atom. The molecule has 4 nitrogen and oxygen atoms in total. The molecule has 3 unspecified atom stereocenters. The number of aliphatic hydroxyl groups excluding tert-OH is 1. The quantitative estimate of drug-likeness (QED) is 0.580. The summed E-state index contributed by atoms with van der Waals surface area (Å²) in [6, 6.07) is 0. The van der Waals surface area contributed by atoms with E-state index in [2.05, 4.69) is 20.1 Å². The van der Waals surface area contributed by atoms with Crippen LogP contribution in [-0.2, 0) is 14.3 Å². The molecular weight excluding hydrogens is 328 g/mol. The summed E-state index contributed by atoms with van der Waals surface area (Å²) in [5.74, 6) is 0.0701. The summed E-state index contributed by atoms with van der Waals surface area (Å²) >= 11 is 0. The Bertz CT molecular complexity index is 753. The molecule has 26 heavy (non-hydrogen) atoms.